The normalized spacial score (nSPS) is 11.6. The van der Waals surface area contributed by atoms with Crippen molar-refractivity contribution in [1.29, 1.82) is 0 Å². The van der Waals surface area contributed by atoms with E-state index < -0.39 is 6.10 Å². The molecule has 2 aromatic carbocycles. The molecule has 0 fully saturated rings. The largest absolute Gasteiger partial charge is 0.493 e. The summed E-state index contributed by atoms with van der Waals surface area (Å²) in [7, 11) is 4.68. The van der Waals surface area contributed by atoms with Crippen LogP contribution in [0.15, 0.2) is 42.5 Å². The molecule has 1 N–H and O–H groups in total. The Bertz CT molecular complexity index is 816. The number of carbonyl (C=O) groups excluding carboxylic acids is 2. The second-order valence-corrected chi connectivity index (χ2v) is 6.69. The lowest BCUT2D eigenvalue weighted by Crippen LogP contribution is -2.31. The van der Waals surface area contributed by atoms with Crippen LogP contribution in [0, 0.1) is 6.92 Å². The summed E-state index contributed by atoms with van der Waals surface area (Å²) in [5.41, 5.74) is 2.30. The summed E-state index contributed by atoms with van der Waals surface area (Å²) in [5.74, 6) is 0.816. The van der Waals surface area contributed by atoms with Gasteiger partial charge >= 0.3 is 0 Å². The Morgan fingerprint density at radius 2 is 1.64 bits per heavy atom. The molecule has 6 heteroatoms. The van der Waals surface area contributed by atoms with Gasteiger partial charge in [-0.3, -0.25) is 9.59 Å². The van der Waals surface area contributed by atoms with Crippen LogP contribution in [0.25, 0.3) is 0 Å². The molecule has 0 aromatic heterocycles. The molecule has 2 rings (SSSR count). The van der Waals surface area contributed by atoms with Crippen molar-refractivity contribution in [2.75, 3.05) is 27.8 Å². The lowest BCUT2D eigenvalue weighted by Gasteiger charge is -2.21. The van der Waals surface area contributed by atoms with Gasteiger partial charge in [0.05, 0.1) is 26.9 Å². The van der Waals surface area contributed by atoms with Crippen molar-refractivity contribution in [1.82, 2.24) is 4.90 Å². The topological polar surface area (TPSA) is 76.1 Å². The highest BCUT2D eigenvalue weighted by Crippen LogP contribution is 2.30. The molecule has 150 valence electrons. The second-order valence-electron chi connectivity index (χ2n) is 6.69. The van der Waals surface area contributed by atoms with Crippen molar-refractivity contribution in [3.63, 3.8) is 0 Å². The number of ketones is 1. The smallest absolute Gasteiger partial charge is 0.222 e. The van der Waals surface area contributed by atoms with Gasteiger partial charge in [0.2, 0.25) is 5.91 Å². The van der Waals surface area contributed by atoms with Gasteiger partial charge in [-0.15, -0.1) is 0 Å². The molecule has 28 heavy (non-hydrogen) atoms. The fourth-order valence-corrected chi connectivity index (χ4v) is 2.82. The Balaban J connectivity index is 1.90. The average Bonchev–Trinajstić information content (AvgIpc) is 2.71. The Hall–Kier alpha value is -2.86. The van der Waals surface area contributed by atoms with Crippen molar-refractivity contribution in [2.24, 2.45) is 0 Å². The van der Waals surface area contributed by atoms with Crippen LogP contribution in [0.1, 0.15) is 40.4 Å². The highest BCUT2D eigenvalue weighted by molar-refractivity contribution is 5.97. The van der Waals surface area contributed by atoms with Gasteiger partial charge in [-0.1, -0.05) is 35.9 Å². The highest BCUT2D eigenvalue weighted by Gasteiger charge is 2.18. The fraction of sp³-hybridized carbons (Fsp3) is 0.364. The second kappa shape index (κ2) is 9.90. The first kappa shape index (κ1) is 21.4. The van der Waals surface area contributed by atoms with Crippen molar-refractivity contribution < 1.29 is 24.2 Å². The summed E-state index contributed by atoms with van der Waals surface area (Å²) < 4.78 is 10.4. The number of aliphatic hydroxyl groups excluding tert-OH is 1. The van der Waals surface area contributed by atoms with Crippen LogP contribution >= 0.6 is 0 Å². The van der Waals surface area contributed by atoms with E-state index in [1.54, 1.807) is 37.4 Å². The predicted molar refractivity (Wildman–Crippen MR) is 107 cm³/mol. The number of aryl methyl sites for hydroxylation is 1. The number of Topliss-reactive ketones (excluding diaryl/α,β-unsaturated/α-hetero) is 1. The van der Waals surface area contributed by atoms with Crippen molar-refractivity contribution >= 4 is 11.7 Å². The van der Waals surface area contributed by atoms with Gasteiger partial charge < -0.3 is 19.5 Å². The average molecular weight is 385 g/mol. The van der Waals surface area contributed by atoms with Crippen LogP contribution < -0.4 is 9.47 Å². The number of benzene rings is 2. The molecule has 1 atom stereocenters. The lowest BCUT2D eigenvalue weighted by atomic mass is 10.0. The molecular weight excluding hydrogens is 358 g/mol. The van der Waals surface area contributed by atoms with E-state index in [-0.39, 0.29) is 31.1 Å². The molecule has 0 aliphatic heterocycles. The van der Waals surface area contributed by atoms with Gasteiger partial charge in [0.15, 0.2) is 17.3 Å². The van der Waals surface area contributed by atoms with Crippen molar-refractivity contribution in [3.8, 4) is 11.5 Å². The zero-order valence-corrected chi connectivity index (χ0v) is 16.8. The molecule has 1 unspecified atom stereocenters. The number of methoxy groups -OCH3 is 2. The van der Waals surface area contributed by atoms with Gasteiger partial charge in [0.1, 0.15) is 0 Å². The predicted octanol–water partition coefficient (Wildman–Crippen LogP) is 3.17. The van der Waals surface area contributed by atoms with E-state index in [0.29, 0.717) is 22.6 Å². The molecule has 0 spiro atoms. The van der Waals surface area contributed by atoms with E-state index in [0.717, 1.165) is 5.56 Å². The maximum atomic E-state index is 12.3. The van der Waals surface area contributed by atoms with E-state index >= 15 is 0 Å². The standard InChI is InChI=1S/C22H27NO5/c1-15-5-7-16(8-6-15)18(24)10-12-22(26)23(2)14-19(25)17-9-11-20(27-3)21(13-17)28-4/h5-9,11,13,19,25H,10,12,14H2,1-4H3. The Morgan fingerprint density at radius 3 is 2.25 bits per heavy atom. The van der Waals surface area contributed by atoms with Gasteiger partial charge in [0, 0.05) is 25.5 Å². The van der Waals surface area contributed by atoms with Crippen LogP contribution in [-0.4, -0.2) is 49.5 Å². The number of amides is 1. The van der Waals surface area contributed by atoms with Crippen molar-refractivity contribution in [2.45, 2.75) is 25.9 Å². The molecule has 0 bridgehead atoms. The van der Waals surface area contributed by atoms with Crippen LogP contribution in [-0.2, 0) is 4.79 Å². The summed E-state index contributed by atoms with van der Waals surface area (Å²) in [6.45, 7) is 2.07. The minimum absolute atomic E-state index is 0.0674. The molecule has 0 radical (unpaired) electrons. The van der Waals surface area contributed by atoms with Crippen molar-refractivity contribution in [3.05, 3.63) is 59.2 Å². The third-order valence-electron chi connectivity index (χ3n) is 4.60. The fourth-order valence-electron chi connectivity index (χ4n) is 2.82. The quantitative estimate of drug-likeness (QED) is 0.671. The maximum Gasteiger partial charge on any atom is 0.222 e. The number of hydrogen-bond acceptors (Lipinski definition) is 5. The first-order valence-electron chi connectivity index (χ1n) is 9.09. The van der Waals surface area contributed by atoms with Crippen LogP contribution in [0.3, 0.4) is 0 Å². The van der Waals surface area contributed by atoms with Crippen LogP contribution in [0.2, 0.25) is 0 Å². The van der Waals surface area contributed by atoms with Crippen LogP contribution in [0.4, 0.5) is 0 Å². The third kappa shape index (κ3) is 5.57. The molecule has 2 aromatic rings. The van der Waals surface area contributed by atoms with E-state index in [1.807, 2.05) is 19.1 Å². The minimum atomic E-state index is -0.874. The summed E-state index contributed by atoms with van der Waals surface area (Å²) in [4.78, 5) is 26.0. The van der Waals surface area contributed by atoms with E-state index in [9.17, 15) is 14.7 Å². The number of carbonyl (C=O) groups is 2. The Morgan fingerprint density at radius 1 is 1.00 bits per heavy atom. The molecule has 0 aliphatic rings. The molecule has 1 amide bonds. The van der Waals surface area contributed by atoms with E-state index in [1.165, 1.54) is 19.1 Å². The third-order valence-corrected chi connectivity index (χ3v) is 4.60. The molecule has 0 aliphatic carbocycles. The first-order chi connectivity index (χ1) is 13.3. The number of likely N-dealkylation sites (N-methyl/N-ethyl adjacent to an activating group) is 1. The molecule has 0 heterocycles. The number of hydrogen-bond donors (Lipinski definition) is 1. The maximum absolute atomic E-state index is 12.3. The van der Waals surface area contributed by atoms with Gasteiger partial charge in [-0.25, -0.2) is 0 Å². The molecule has 6 nitrogen and oxygen atoms in total. The highest BCUT2D eigenvalue weighted by atomic mass is 16.5. The van der Waals surface area contributed by atoms with Gasteiger partial charge in [-0.05, 0) is 24.6 Å². The summed E-state index contributed by atoms with van der Waals surface area (Å²) in [6, 6.07) is 12.4. The summed E-state index contributed by atoms with van der Waals surface area (Å²) >= 11 is 0. The van der Waals surface area contributed by atoms with Gasteiger partial charge in [-0.2, -0.15) is 0 Å². The SMILES string of the molecule is COc1ccc(C(O)CN(C)C(=O)CCC(=O)c2ccc(C)cc2)cc1OC. The van der Waals surface area contributed by atoms with Gasteiger partial charge in [0.25, 0.3) is 0 Å². The zero-order valence-electron chi connectivity index (χ0n) is 16.8. The number of aliphatic hydroxyl groups is 1. The number of ether oxygens (including phenoxy) is 2. The molecule has 0 saturated carbocycles. The molecular formula is C22H27NO5. The Kier molecular flexibility index (Phi) is 7.58. The number of rotatable bonds is 9. The molecule has 0 saturated heterocycles. The van der Waals surface area contributed by atoms with Crippen LogP contribution in [0.5, 0.6) is 11.5 Å². The minimum Gasteiger partial charge on any atom is -0.493 e. The summed E-state index contributed by atoms with van der Waals surface area (Å²) in [6.07, 6.45) is -0.637. The number of nitrogens with zero attached hydrogens (tertiary/aromatic N) is 1. The summed E-state index contributed by atoms with van der Waals surface area (Å²) in [5, 5.41) is 10.4. The monoisotopic (exact) mass is 385 g/mol. The van der Waals surface area contributed by atoms with E-state index in [2.05, 4.69) is 0 Å². The Labute approximate surface area is 165 Å². The van der Waals surface area contributed by atoms with E-state index in [4.69, 9.17) is 9.47 Å². The lowest BCUT2D eigenvalue weighted by molar-refractivity contribution is -0.131. The zero-order chi connectivity index (χ0) is 20.7. The first-order valence-corrected chi connectivity index (χ1v) is 9.09.